The summed E-state index contributed by atoms with van der Waals surface area (Å²) in [6.45, 7) is 6.19. The van der Waals surface area contributed by atoms with Crippen molar-refractivity contribution < 1.29 is 0 Å². The molecule has 1 aromatic heterocycles. The summed E-state index contributed by atoms with van der Waals surface area (Å²) in [6.07, 6.45) is 3.13. The van der Waals surface area contributed by atoms with E-state index < -0.39 is 0 Å². The lowest BCUT2D eigenvalue weighted by atomic mass is 10.1. The van der Waals surface area contributed by atoms with Gasteiger partial charge in [0, 0.05) is 11.7 Å². The average molecular weight is 323 g/mol. The molecule has 2 aromatic rings. The van der Waals surface area contributed by atoms with Gasteiger partial charge in [-0.3, -0.25) is 0 Å². The number of hydrogen-bond acceptors (Lipinski definition) is 7. The van der Waals surface area contributed by atoms with Gasteiger partial charge in [0.2, 0.25) is 17.8 Å². The zero-order valence-corrected chi connectivity index (χ0v) is 14.0. The van der Waals surface area contributed by atoms with Crippen molar-refractivity contribution in [3.05, 3.63) is 41.5 Å². The van der Waals surface area contributed by atoms with Crippen LogP contribution >= 0.6 is 0 Å². The Kier molecular flexibility index (Phi) is 5.68. The summed E-state index contributed by atoms with van der Waals surface area (Å²) in [5.74, 6) is 0.891. The van der Waals surface area contributed by atoms with E-state index in [1.54, 1.807) is 24.3 Å². The Morgan fingerprint density at radius 2 is 1.92 bits per heavy atom. The lowest BCUT2D eigenvalue weighted by Crippen LogP contribution is -2.19. The van der Waals surface area contributed by atoms with Crippen LogP contribution in [0, 0.1) is 11.3 Å². The van der Waals surface area contributed by atoms with Crippen molar-refractivity contribution in [2.45, 2.75) is 33.2 Å². The van der Waals surface area contributed by atoms with Gasteiger partial charge in [0.1, 0.15) is 0 Å². The maximum absolute atomic E-state index is 8.83. The molecular weight excluding hydrogens is 302 g/mol. The minimum Gasteiger partial charge on any atom is -0.368 e. The third-order valence-electron chi connectivity index (χ3n) is 3.48. The van der Waals surface area contributed by atoms with Crippen LogP contribution in [-0.4, -0.2) is 21.0 Å². The normalized spacial score (nSPS) is 12.3. The molecule has 0 aliphatic rings. The highest BCUT2D eigenvalue weighted by atomic mass is 15.2. The van der Waals surface area contributed by atoms with Crippen LogP contribution in [-0.2, 0) is 0 Å². The summed E-state index contributed by atoms with van der Waals surface area (Å²) in [5.41, 5.74) is 8.33. The van der Waals surface area contributed by atoms with E-state index in [4.69, 9.17) is 11.0 Å². The number of hydrogen-bond donors (Lipinski definition) is 3. The van der Waals surface area contributed by atoms with Gasteiger partial charge in [0.05, 0.1) is 11.6 Å². The fourth-order valence-electron chi connectivity index (χ4n) is 2.08. The van der Waals surface area contributed by atoms with Crippen molar-refractivity contribution in [3.8, 4) is 6.07 Å². The van der Waals surface area contributed by atoms with Crippen LogP contribution in [0.4, 0.5) is 23.5 Å². The summed E-state index contributed by atoms with van der Waals surface area (Å²) < 4.78 is 0. The summed E-state index contributed by atoms with van der Waals surface area (Å²) >= 11 is 0. The van der Waals surface area contributed by atoms with Gasteiger partial charge >= 0.3 is 0 Å². The second-order valence-electron chi connectivity index (χ2n) is 5.38. The molecule has 1 aromatic carbocycles. The first kappa shape index (κ1) is 17.2. The van der Waals surface area contributed by atoms with Gasteiger partial charge in [-0.15, -0.1) is 0 Å². The van der Waals surface area contributed by atoms with Gasteiger partial charge in [-0.1, -0.05) is 18.6 Å². The third-order valence-corrected chi connectivity index (χ3v) is 3.48. The van der Waals surface area contributed by atoms with E-state index in [2.05, 4.69) is 51.6 Å². The molecule has 0 saturated carbocycles. The number of nitrogens with one attached hydrogen (secondary N) is 2. The first-order valence-corrected chi connectivity index (χ1v) is 7.73. The second-order valence-corrected chi connectivity index (χ2v) is 5.38. The third kappa shape index (κ3) is 4.68. The predicted octanol–water partition coefficient (Wildman–Crippen LogP) is 3.23. The number of nitrogens with zero attached hydrogens (tertiary/aromatic N) is 4. The Hall–Kier alpha value is -3.14. The lowest BCUT2D eigenvalue weighted by Gasteiger charge is -2.15. The van der Waals surface area contributed by atoms with Gasteiger partial charge in [-0.05, 0) is 44.5 Å². The fourth-order valence-corrected chi connectivity index (χ4v) is 2.08. The van der Waals surface area contributed by atoms with Crippen LogP contribution in [0.3, 0.4) is 0 Å². The summed E-state index contributed by atoms with van der Waals surface area (Å²) in [7, 11) is 0. The van der Waals surface area contributed by atoms with Gasteiger partial charge in [0.25, 0.3) is 0 Å². The van der Waals surface area contributed by atoms with E-state index in [-0.39, 0.29) is 12.0 Å². The Morgan fingerprint density at radius 1 is 1.25 bits per heavy atom. The van der Waals surface area contributed by atoms with E-state index >= 15 is 0 Å². The van der Waals surface area contributed by atoms with Crippen molar-refractivity contribution in [1.29, 1.82) is 5.26 Å². The maximum atomic E-state index is 8.83. The number of rotatable bonds is 6. The van der Waals surface area contributed by atoms with Crippen LogP contribution in [0.1, 0.15) is 32.8 Å². The van der Waals surface area contributed by atoms with E-state index in [1.165, 1.54) is 5.57 Å². The molecule has 0 aliphatic carbocycles. The topological polar surface area (TPSA) is 113 Å². The molecule has 7 heteroatoms. The molecule has 0 saturated heterocycles. The highest BCUT2D eigenvalue weighted by molar-refractivity contribution is 5.56. The summed E-state index contributed by atoms with van der Waals surface area (Å²) in [5, 5.41) is 15.1. The zero-order chi connectivity index (χ0) is 17.5. The fraction of sp³-hybridized carbons (Fsp3) is 0.294. The Morgan fingerprint density at radius 3 is 2.54 bits per heavy atom. The molecule has 2 rings (SSSR count). The molecule has 0 bridgehead atoms. The van der Waals surface area contributed by atoms with E-state index in [1.807, 2.05) is 6.92 Å². The van der Waals surface area contributed by atoms with Crippen molar-refractivity contribution in [2.24, 2.45) is 0 Å². The SMILES string of the molecule is CC/C=C(/C)C(C)Nc1nc(N)nc(Nc2ccc(C#N)cc2)n1. The number of nitriles is 1. The first-order chi connectivity index (χ1) is 11.5. The molecule has 4 N–H and O–H groups in total. The second kappa shape index (κ2) is 7.92. The average Bonchev–Trinajstić information content (AvgIpc) is 2.55. The number of nitrogen functional groups attached to an aromatic ring is 1. The van der Waals surface area contributed by atoms with E-state index in [0.717, 1.165) is 12.1 Å². The van der Waals surface area contributed by atoms with Crippen molar-refractivity contribution in [2.75, 3.05) is 16.4 Å². The van der Waals surface area contributed by atoms with Crippen LogP contribution in [0.25, 0.3) is 0 Å². The molecule has 24 heavy (non-hydrogen) atoms. The number of aromatic nitrogens is 3. The molecule has 124 valence electrons. The largest absolute Gasteiger partial charge is 0.368 e. The Balaban J connectivity index is 2.15. The first-order valence-electron chi connectivity index (χ1n) is 7.73. The molecule has 0 fully saturated rings. The quantitative estimate of drug-likeness (QED) is 0.699. The molecular formula is C17H21N7. The van der Waals surface area contributed by atoms with Gasteiger partial charge < -0.3 is 16.4 Å². The van der Waals surface area contributed by atoms with Crippen LogP contribution in [0.5, 0.6) is 0 Å². The molecule has 7 nitrogen and oxygen atoms in total. The van der Waals surface area contributed by atoms with Gasteiger partial charge in [-0.2, -0.15) is 20.2 Å². The number of benzene rings is 1. The highest BCUT2D eigenvalue weighted by Crippen LogP contribution is 2.16. The highest BCUT2D eigenvalue weighted by Gasteiger charge is 2.09. The number of nitrogens with two attached hydrogens (primary N) is 1. The predicted molar refractivity (Wildman–Crippen MR) is 95.8 cm³/mol. The zero-order valence-electron chi connectivity index (χ0n) is 14.0. The molecule has 1 heterocycles. The minimum absolute atomic E-state index is 0.0921. The molecule has 1 unspecified atom stereocenters. The van der Waals surface area contributed by atoms with E-state index in [0.29, 0.717) is 17.5 Å². The molecule has 0 radical (unpaired) electrons. The van der Waals surface area contributed by atoms with Crippen molar-refractivity contribution in [3.63, 3.8) is 0 Å². The molecule has 0 spiro atoms. The maximum Gasteiger partial charge on any atom is 0.233 e. The van der Waals surface area contributed by atoms with Crippen molar-refractivity contribution >= 4 is 23.5 Å². The number of anilines is 4. The summed E-state index contributed by atoms with van der Waals surface area (Å²) in [6, 6.07) is 9.16. The Labute approximate surface area is 141 Å². The smallest absolute Gasteiger partial charge is 0.233 e. The molecule has 0 aliphatic heterocycles. The van der Waals surface area contributed by atoms with Crippen LogP contribution in [0.15, 0.2) is 35.9 Å². The lowest BCUT2D eigenvalue weighted by molar-refractivity contribution is 0.882. The van der Waals surface area contributed by atoms with Crippen molar-refractivity contribution in [1.82, 2.24) is 15.0 Å². The standard InChI is InChI=1S/C17H21N7/c1-4-5-11(2)12(3)20-16-22-15(19)23-17(24-16)21-14-8-6-13(10-18)7-9-14/h5-9,12H,4H2,1-3H3,(H4,19,20,21,22,23,24)/b11-5-. The van der Waals surface area contributed by atoms with Crippen LogP contribution in [0.2, 0.25) is 0 Å². The monoisotopic (exact) mass is 323 g/mol. The van der Waals surface area contributed by atoms with E-state index in [9.17, 15) is 0 Å². The van der Waals surface area contributed by atoms with Crippen LogP contribution < -0.4 is 16.4 Å². The molecule has 1 atom stereocenters. The van der Waals surface area contributed by atoms with Gasteiger partial charge in [0.15, 0.2) is 0 Å². The minimum atomic E-state index is 0.0921. The molecule has 0 amide bonds. The summed E-state index contributed by atoms with van der Waals surface area (Å²) in [4.78, 5) is 12.5. The van der Waals surface area contributed by atoms with Gasteiger partial charge in [-0.25, -0.2) is 0 Å². The Bertz CT molecular complexity index is 759. The number of allylic oxidation sites excluding steroid dienone is 1.